The third-order valence-corrected chi connectivity index (χ3v) is 5.73. The highest BCUT2D eigenvalue weighted by Gasteiger charge is 2.20. The van der Waals surface area contributed by atoms with E-state index in [-0.39, 0.29) is 0 Å². The number of fused-ring (bicyclic) bond motifs is 3. The molecule has 1 aliphatic rings. The maximum atomic E-state index is 6.05. The van der Waals surface area contributed by atoms with Gasteiger partial charge in [-0.05, 0) is 73.9 Å². The average molecular weight is 384 g/mol. The van der Waals surface area contributed by atoms with Gasteiger partial charge in [-0.2, -0.15) is 0 Å². The number of aromatic amines is 1. The summed E-state index contributed by atoms with van der Waals surface area (Å²) < 4.78 is 0. The molecule has 1 aromatic heterocycles. The lowest BCUT2D eigenvalue weighted by Crippen LogP contribution is -2.36. The van der Waals surface area contributed by atoms with Gasteiger partial charge < -0.3 is 15.2 Å². The molecular formula is C21H22ClN3S. The van der Waals surface area contributed by atoms with Crippen molar-refractivity contribution < 1.29 is 0 Å². The Morgan fingerprint density at radius 2 is 1.92 bits per heavy atom. The molecule has 0 bridgehead atoms. The number of halogens is 1. The summed E-state index contributed by atoms with van der Waals surface area (Å²) >= 11 is 11.7. The van der Waals surface area contributed by atoms with E-state index in [0.29, 0.717) is 0 Å². The second-order valence-electron chi connectivity index (χ2n) is 7.01. The first-order valence-corrected chi connectivity index (χ1v) is 9.72. The smallest absolute Gasteiger partial charge is 0.173 e. The van der Waals surface area contributed by atoms with Crippen molar-refractivity contribution in [3.63, 3.8) is 0 Å². The van der Waals surface area contributed by atoms with Gasteiger partial charge in [-0.3, -0.25) is 0 Å². The molecule has 0 aliphatic carbocycles. The van der Waals surface area contributed by atoms with E-state index in [1.165, 1.54) is 27.7 Å². The lowest BCUT2D eigenvalue weighted by molar-refractivity contribution is 0.445. The molecule has 1 aliphatic heterocycles. The van der Waals surface area contributed by atoms with E-state index < -0.39 is 0 Å². The Kier molecular flexibility index (Phi) is 4.63. The molecule has 0 atom stereocenters. The zero-order chi connectivity index (χ0) is 18.3. The molecule has 134 valence electrons. The summed E-state index contributed by atoms with van der Waals surface area (Å²) in [6.07, 6.45) is 1.98. The van der Waals surface area contributed by atoms with Crippen LogP contribution in [0, 0.1) is 13.8 Å². The van der Waals surface area contributed by atoms with E-state index in [1.54, 1.807) is 0 Å². The SMILES string of the molecule is Cc1ccc2[nH]c3c(c2c1)CCN(C(=S)Nc1ccc(Cl)cc1C)CC3. The van der Waals surface area contributed by atoms with Crippen molar-refractivity contribution in [1.29, 1.82) is 0 Å². The van der Waals surface area contributed by atoms with Crippen molar-refractivity contribution in [2.75, 3.05) is 18.4 Å². The quantitative estimate of drug-likeness (QED) is 0.564. The number of benzene rings is 2. The largest absolute Gasteiger partial charge is 0.358 e. The normalized spacial score (nSPS) is 14.2. The molecule has 0 unspecified atom stereocenters. The Labute approximate surface area is 164 Å². The Morgan fingerprint density at radius 3 is 2.73 bits per heavy atom. The van der Waals surface area contributed by atoms with E-state index in [0.717, 1.165) is 47.3 Å². The third-order valence-electron chi connectivity index (χ3n) is 5.13. The van der Waals surface area contributed by atoms with Crippen molar-refractivity contribution in [3.8, 4) is 0 Å². The minimum absolute atomic E-state index is 0.745. The van der Waals surface area contributed by atoms with Crippen LogP contribution in [0.15, 0.2) is 36.4 Å². The standard InChI is InChI=1S/C21H22ClN3S/c1-13-3-5-19-17(11-13)16-7-9-25(10-8-20(16)23-19)21(26)24-18-6-4-15(22)12-14(18)2/h3-6,11-12,23H,7-10H2,1-2H3,(H,24,26). The molecular weight excluding hydrogens is 362 g/mol. The van der Waals surface area contributed by atoms with Crippen LogP contribution in [-0.2, 0) is 12.8 Å². The minimum Gasteiger partial charge on any atom is -0.358 e. The van der Waals surface area contributed by atoms with Crippen molar-refractivity contribution in [3.05, 3.63) is 63.8 Å². The molecule has 3 nitrogen and oxygen atoms in total. The maximum Gasteiger partial charge on any atom is 0.173 e. The lowest BCUT2D eigenvalue weighted by atomic mass is 10.1. The number of anilines is 1. The number of nitrogens with zero attached hydrogens (tertiary/aromatic N) is 1. The highest BCUT2D eigenvalue weighted by Crippen LogP contribution is 2.27. The van der Waals surface area contributed by atoms with Gasteiger partial charge in [-0.1, -0.05) is 23.2 Å². The summed E-state index contributed by atoms with van der Waals surface area (Å²) in [5, 5.41) is 6.27. The fourth-order valence-electron chi connectivity index (χ4n) is 3.69. The summed E-state index contributed by atoms with van der Waals surface area (Å²) in [6, 6.07) is 12.5. The van der Waals surface area contributed by atoms with Gasteiger partial charge in [-0.25, -0.2) is 0 Å². The molecule has 26 heavy (non-hydrogen) atoms. The molecule has 0 radical (unpaired) electrons. The van der Waals surface area contributed by atoms with E-state index in [9.17, 15) is 0 Å². The number of aryl methyl sites for hydroxylation is 2. The van der Waals surface area contributed by atoms with Crippen LogP contribution >= 0.6 is 23.8 Å². The zero-order valence-electron chi connectivity index (χ0n) is 15.0. The zero-order valence-corrected chi connectivity index (χ0v) is 16.6. The predicted octanol–water partition coefficient (Wildman–Crippen LogP) is 5.24. The average Bonchev–Trinajstić information content (AvgIpc) is 2.80. The number of hydrogen-bond acceptors (Lipinski definition) is 1. The Morgan fingerprint density at radius 1 is 1.12 bits per heavy atom. The van der Waals surface area contributed by atoms with Crippen LogP contribution in [0.1, 0.15) is 22.4 Å². The van der Waals surface area contributed by atoms with Crippen LogP contribution in [0.2, 0.25) is 5.02 Å². The van der Waals surface area contributed by atoms with Gasteiger partial charge in [0, 0.05) is 46.8 Å². The van der Waals surface area contributed by atoms with E-state index in [2.05, 4.69) is 40.3 Å². The maximum absolute atomic E-state index is 6.05. The Bertz CT molecular complexity index is 992. The van der Waals surface area contributed by atoms with Gasteiger partial charge in [0.1, 0.15) is 0 Å². The van der Waals surface area contributed by atoms with Gasteiger partial charge in [0.05, 0.1) is 0 Å². The fourth-order valence-corrected chi connectivity index (χ4v) is 4.21. The monoisotopic (exact) mass is 383 g/mol. The number of aromatic nitrogens is 1. The van der Waals surface area contributed by atoms with Crippen molar-refractivity contribution in [2.24, 2.45) is 0 Å². The van der Waals surface area contributed by atoms with Crippen molar-refractivity contribution >= 4 is 45.5 Å². The van der Waals surface area contributed by atoms with Gasteiger partial charge in [0.15, 0.2) is 5.11 Å². The molecule has 0 saturated carbocycles. The topological polar surface area (TPSA) is 31.1 Å². The van der Waals surface area contributed by atoms with Gasteiger partial charge >= 0.3 is 0 Å². The second-order valence-corrected chi connectivity index (χ2v) is 7.83. The molecule has 0 spiro atoms. The fraction of sp³-hybridized carbons (Fsp3) is 0.286. The van der Waals surface area contributed by atoms with E-state index in [4.69, 9.17) is 23.8 Å². The van der Waals surface area contributed by atoms with Crippen molar-refractivity contribution in [2.45, 2.75) is 26.7 Å². The molecule has 5 heteroatoms. The summed E-state index contributed by atoms with van der Waals surface area (Å²) in [7, 11) is 0. The number of thiocarbonyl (C=S) groups is 1. The molecule has 2 aromatic carbocycles. The van der Waals surface area contributed by atoms with E-state index in [1.807, 2.05) is 25.1 Å². The van der Waals surface area contributed by atoms with Crippen LogP contribution < -0.4 is 5.32 Å². The Balaban J connectivity index is 1.51. The highest BCUT2D eigenvalue weighted by atomic mass is 35.5. The summed E-state index contributed by atoms with van der Waals surface area (Å²) in [4.78, 5) is 5.87. The molecule has 0 fully saturated rings. The lowest BCUT2D eigenvalue weighted by Gasteiger charge is -2.24. The number of nitrogens with one attached hydrogen (secondary N) is 2. The van der Waals surface area contributed by atoms with Crippen LogP contribution in [-0.4, -0.2) is 28.1 Å². The van der Waals surface area contributed by atoms with Gasteiger partial charge in [-0.15, -0.1) is 0 Å². The summed E-state index contributed by atoms with van der Waals surface area (Å²) in [5.74, 6) is 0. The number of hydrogen-bond donors (Lipinski definition) is 2. The number of H-pyrrole nitrogens is 1. The Hall–Kier alpha value is -2.04. The predicted molar refractivity (Wildman–Crippen MR) is 114 cm³/mol. The first-order chi connectivity index (χ1) is 12.5. The molecule has 4 rings (SSSR count). The van der Waals surface area contributed by atoms with E-state index >= 15 is 0 Å². The molecule has 2 heterocycles. The first-order valence-electron chi connectivity index (χ1n) is 8.93. The van der Waals surface area contributed by atoms with Crippen molar-refractivity contribution in [1.82, 2.24) is 9.88 Å². The molecule has 3 aromatic rings. The van der Waals surface area contributed by atoms with Gasteiger partial charge in [0.25, 0.3) is 0 Å². The highest BCUT2D eigenvalue weighted by molar-refractivity contribution is 7.80. The summed E-state index contributed by atoms with van der Waals surface area (Å²) in [5.41, 5.74) is 7.45. The number of rotatable bonds is 1. The summed E-state index contributed by atoms with van der Waals surface area (Å²) in [6.45, 7) is 6.03. The second kappa shape index (κ2) is 6.93. The van der Waals surface area contributed by atoms with Crippen LogP contribution in [0.5, 0.6) is 0 Å². The molecule has 0 saturated heterocycles. The molecule has 0 amide bonds. The van der Waals surface area contributed by atoms with Crippen LogP contribution in [0.25, 0.3) is 10.9 Å². The minimum atomic E-state index is 0.745. The van der Waals surface area contributed by atoms with Crippen LogP contribution in [0.3, 0.4) is 0 Å². The molecule has 2 N–H and O–H groups in total. The third kappa shape index (κ3) is 3.31. The van der Waals surface area contributed by atoms with Crippen LogP contribution in [0.4, 0.5) is 5.69 Å². The first kappa shape index (κ1) is 17.4. The van der Waals surface area contributed by atoms with Gasteiger partial charge in [0.2, 0.25) is 0 Å².